The first-order chi connectivity index (χ1) is 9.15. The zero-order valence-corrected chi connectivity index (χ0v) is 12.2. The van der Waals surface area contributed by atoms with Crippen LogP contribution in [0.2, 0.25) is 0 Å². The average Bonchev–Trinajstić information content (AvgIpc) is 2.85. The number of carbonyl (C=O) groups excluding carboxylic acids is 1. The van der Waals surface area contributed by atoms with E-state index in [0.717, 1.165) is 41.2 Å². The van der Waals surface area contributed by atoms with Crippen molar-refractivity contribution in [3.63, 3.8) is 0 Å². The molecule has 1 aliphatic rings. The Labute approximate surface area is 120 Å². The van der Waals surface area contributed by atoms with E-state index in [4.69, 9.17) is 0 Å². The minimum atomic E-state index is 0.0847. The maximum absolute atomic E-state index is 11.4. The van der Waals surface area contributed by atoms with Gasteiger partial charge in [-0.3, -0.25) is 4.79 Å². The second kappa shape index (κ2) is 4.81. The molecule has 0 unspecified atom stereocenters. The van der Waals surface area contributed by atoms with Gasteiger partial charge in [0.2, 0.25) is 0 Å². The van der Waals surface area contributed by atoms with Gasteiger partial charge in [-0.1, -0.05) is 0 Å². The molecule has 19 heavy (non-hydrogen) atoms. The Hall–Kier alpha value is -1.62. The number of hydrogen-bond acceptors (Lipinski definition) is 3. The summed E-state index contributed by atoms with van der Waals surface area (Å²) in [5.41, 5.74) is 1.84. The number of ketones is 1. The lowest BCUT2D eigenvalue weighted by atomic mass is 10.1. The van der Waals surface area contributed by atoms with E-state index in [1.54, 1.807) is 6.92 Å². The predicted molar refractivity (Wildman–Crippen MR) is 77.4 cm³/mol. The number of benzene rings is 1. The van der Waals surface area contributed by atoms with Crippen LogP contribution < -0.4 is 4.90 Å². The van der Waals surface area contributed by atoms with Gasteiger partial charge in [0.05, 0.1) is 12.2 Å². The number of carbonyl (C=O) groups is 1. The number of imidazole rings is 1. The van der Waals surface area contributed by atoms with Gasteiger partial charge in [-0.15, -0.1) is 0 Å². The summed E-state index contributed by atoms with van der Waals surface area (Å²) in [7, 11) is 0. The topological polar surface area (TPSA) is 38.1 Å². The van der Waals surface area contributed by atoms with E-state index in [0.29, 0.717) is 0 Å². The quantitative estimate of drug-likeness (QED) is 0.799. The van der Waals surface area contributed by atoms with Crippen LogP contribution in [0.3, 0.4) is 0 Å². The van der Waals surface area contributed by atoms with Crippen LogP contribution >= 0.6 is 15.9 Å². The van der Waals surface area contributed by atoms with Gasteiger partial charge in [0.1, 0.15) is 5.82 Å². The monoisotopic (exact) mass is 319 g/mol. The molecule has 3 rings (SSSR count). The van der Waals surface area contributed by atoms with E-state index < -0.39 is 0 Å². The molecule has 0 aliphatic carbocycles. The van der Waals surface area contributed by atoms with Gasteiger partial charge in [-0.2, -0.15) is 0 Å². The first-order valence-corrected chi connectivity index (χ1v) is 7.00. The molecule has 0 saturated carbocycles. The van der Waals surface area contributed by atoms with Crippen LogP contribution in [0.1, 0.15) is 23.1 Å². The fraction of sp³-hybridized carbons (Fsp3) is 0.286. The molecule has 4 nitrogen and oxygen atoms in total. The van der Waals surface area contributed by atoms with E-state index in [1.807, 2.05) is 30.6 Å². The summed E-state index contributed by atoms with van der Waals surface area (Å²) in [5.74, 6) is 1.16. The van der Waals surface area contributed by atoms with Crippen molar-refractivity contribution < 1.29 is 4.79 Å². The van der Waals surface area contributed by atoms with Gasteiger partial charge in [0, 0.05) is 35.5 Å². The minimum absolute atomic E-state index is 0.0847. The number of aromatic nitrogens is 2. The summed E-state index contributed by atoms with van der Waals surface area (Å²) < 4.78 is 3.13. The normalized spacial score (nSPS) is 14.3. The fourth-order valence-electron chi connectivity index (χ4n) is 2.36. The van der Waals surface area contributed by atoms with Crippen molar-refractivity contribution in [2.24, 2.45) is 0 Å². The number of halogens is 1. The molecule has 0 amide bonds. The lowest BCUT2D eigenvalue weighted by Gasteiger charge is -2.30. The molecule has 0 bridgehead atoms. The minimum Gasteiger partial charge on any atom is -0.361 e. The molecule has 0 fully saturated rings. The van der Waals surface area contributed by atoms with E-state index in [9.17, 15) is 4.79 Å². The molecular formula is C14H14BrN3O. The molecule has 2 heterocycles. The smallest absolute Gasteiger partial charge is 0.159 e. The van der Waals surface area contributed by atoms with Crippen LogP contribution in [-0.2, 0) is 13.1 Å². The highest BCUT2D eigenvalue weighted by Crippen LogP contribution is 2.29. The highest BCUT2D eigenvalue weighted by Gasteiger charge is 2.19. The van der Waals surface area contributed by atoms with Crippen LogP contribution in [0.15, 0.2) is 35.1 Å². The summed E-state index contributed by atoms with van der Waals surface area (Å²) in [6.07, 6.45) is 3.85. The van der Waals surface area contributed by atoms with Gasteiger partial charge in [-0.25, -0.2) is 4.98 Å². The van der Waals surface area contributed by atoms with E-state index in [2.05, 4.69) is 30.4 Å². The number of nitrogens with zero attached hydrogens (tertiary/aromatic N) is 3. The first kappa shape index (κ1) is 12.4. The van der Waals surface area contributed by atoms with E-state index >= 15 is 0 Å². The van der Waals surface area contributed by atoms with Gasteiger partial charge in [-0.05, 0) is 41.1 Å². The lowest BCUT2D eigenvalue weighted by molar-refractivity contribution is 0.101. The van der Waals surface area contributed by atoms with Crippen molar-refractivity contribution in [2.45, 2.75) is 20.0 Å². The van der Waals surface area contributed by atoms with Crippen molar-refractivity contribution in [3.05, 3.63) is 46.5 Å². The standard InChI is InChI=1S/C14H14BrN3O/c1-10(19)11-2-3-13(12(15)8-11)18-7-6-17-5-4-16-14(17)9-18/h2-5,8H,6-7,9H2,1H3. The van der Waals surface area contributed by atoms with Gasteiger partial charge >= 0.3 is 0 Å². The highest BCUT2D eigenvalue weighted by atomic mass is 79.9. The summed E-state index contributed by atoms with van der Waals surface area (Å²) in [5, 5.41) is 0. The van der Waals surface area contributed by atoms with Crippen LogP contribution in [-0.4, -0.2) is 21.9 Å². The van der Waals surface area contributed by atoms with Crippen LogP contribution in [0.5, 0.6) is 0 Å². The number of fused-ring (bicyclic) bond motifs is 1. The largest absolute Gasteiger partial charge is 0.361 e. The molecule has 0 spiro atoms. The third-order valence-electron chi connectivity index (χ3n) is 3.44. The van der Waals surface area contributed by atoms with Crippen molar-refractivity contribution in [1.29, 1.82) is 0 Å². The Bertz CT molecular complexity index is 635. The SMILES string of the molecule is CC(=O)c1ccc(N2CCn3ccnc3C2)c(Br)c1. The summed E-state index contributed by atoms with van der Waals surface area (Å²) in [6.45, 7) is 4.27. The summed E-state index contributed by atoms with van der Waals surface area (Å²) >= 11 is 3.56. The third kappa shape index (κ3) is 2.30. The Morgan fingerprint density at radius 3 is 2.95 bits per heavy atom. The average molecular weight is 320 g/mol. The Balaban J connectivity index is 1.90. The second-order valence-corrected chi connectivity index (χ2v) is 5.54. The fourth-order valence-corrected chi connectivity index (χ4v) is 2.99. The molecule has 1 aromatic carbocycles. The van der Waals surface area contributed by atoms with Crippen molar-refractivity contribution in [2.75, 3.05) is 11.4 Å². The second-order valence-electron chi connectivity index (χ2n) is 4.68. The molecule has 0 radical (unpaired) electrons. The van der Waals surface area contributed by atoms with Gasteiger partial charge < -0.3 is 9.47 Å². The number of rotatable bonds is 2. The van der Waals surface area contributed by atoms with Crippen LogP contribution in [0.4, 0.5) is 5.69 Å². The molecule has 5 heteroatoms. The van der Waals surface area contributed by atoms with Gasteiger partial charge in [0.25, 0.3) is 0 Å². The summed E-state index contributed by atoms with van der Waals surface area (Å²) in [6, 6.07) is 5.77. The summed E-state index contributed by atoms with van der Waals surface area (Å²) in [4.78, 5) is 18.0. The molecule has 0 N–H and O–H groups in total. The molecular weight excluding hydrogens is 306 g/mol. The molecule has 0 atom stereocenters. The van der Waals surface area contributed by atoms with Crippen LogP contribution in [0, 0.1) is 0 Å². The Morgan fingerprint density at radius 1 is 1.37 bits per heavy atom. The molecule has 1 aromatic heterocycles. The zero-order valence-electron chi connectivity index (χ0n) is 10.6. The van der Waals surface area contributed by atoms with Crippen molar-refractivity contribution in [1.82, 2.24) is 9.55 Å². The van der Waals surface area contributed by atoms with Crippen molar-refractivity contribution in [3.8, 4) is 0 Å². The maximum atomic E-state index is 11.4. The zero-order chi connectivity index (χ0) is 13.4. The Morgan fingerprint density at radius 2 is 2.21 bits per heavy atom. The lowest BCUT2D eigenvalue weighted by Crippen LogP contribution is -2.33. The van der Waals surface area contributed by atoms with Crippen molar-refractivity contribution >= 4 is 27.4 Å². The highest BCUT2D eigenvalue weighted by molar-refractivity contribution is 9.10. The number of Topliss-reactive ketones (excluding diaryl/α,β-unsaturated/α-hetero) is 1. The van der Waals surface area contributed by atoms with E-state index in [-0.39, 0.29) is 5.78 Å². The van der Waals surface area contributed by atoms with Gasteiger partial charge in [0.15, 0.2) is 5.78 Å². The Kier molecular flexibility index (Phi) is 3.14. The number of anilines is 1. The number of hydrogen-bond donors (Lipinski definition) is 0. The predicted octanol–water partition coefficient (Wildman–Crippen LogP) is 2.87. The van der Waals surface area contributed by atoms with Crippen LogP contribution in [0.25, 0.3) is 0 Å². The third-order valence-corrected chi connectivity index (χ3v) is 4.07. The first-order valence-electron chi connectivity index (χ1n) is 6.20. The molecule has 98 valence electrons. The van der Waals surface area contributed by atoms with E-state index in [1.165, 1.54) is 0 Å². The molecule has 1 aliphatic heterocycles. The molecule has 0 saturated heterocycles. The maximum Gasteiger partial charge on any atom is 0.159 e. The molecule has 2 aromatic rings.